The summed E-state index contributed by atoms with van der Waals surface area (Å²) in [5.41, 5.74) is 2.42. The number of aldehydes is 1. The molecule has 1 aliphatic heterocycles. The maximum absolute atomic E-state index is 13.1. The Labute approximate surface area is 190 Å². The molecule has 0 unspecified atom stereocenters. The van der Waals surface area contributed by atoms with Gasteiger partial charge in [-0.15, -0.1) is 0 Å². The molecule has 0 radical (unpaired) electrons. The van der Waals surface area contributed by atoms with Crippen LogP contribution in [0.5, 0.6) is 11.5 Å². The van der Waals surface area contributed by atoms with Crippen molar-refractivity contribution in [3.8, 4) is 11.5 Å². The van der Waals surface area contributed by atoms with Crippen LogP contribution in [0.15, 0.2) is 53.1 Å². The molecular formula is C26H24N2O5. The van der Waals surface area contributed by atoms with Crippen LogP contribution in [-0.2, 0) is 4.74 Å². The van der Waals surface area contributed by atoms with Crippen LogP contribution < -0.4 is 4.74 Å². The predicted octanol–water partition coefficient (Wildman–Crippen LogP) is 5.15. The van der Waals surface area contributed by atoms with Gasteiger partial charge < -0.3 is 18.8 Å². The number of ether oxygens (including phenoxy) is 2. The van der Waals surface area contributed by atoms with Crippen molar-refractivity contribution in [2.45, 2.75) is 25.8 Å². The molecule has 7 nitrogen and oxygen atoms in total. The number of methoxy groups -OCH3 is 1. The number of aromatic nitrogens is 1. The third kappa shape index (κ3) is 3.85. The van der Waals surface area contributed by atoms with E-state index in [0.29, 0.717) is 46.1 Å². The molecule has 3 heterocycles. The third-order valence-electron chi connectivity index (χ3n) is 6.18. The molecule has 0 aliphatic carbocycles. The summed E-state index contributed by atoms with van der Waals surface area (Å²) < 4.78 is 17.1. The Morgan fingerprint density at radius 3 is 2.88 bits per heavy atom. The quantitative estimate of drug-likeness (QED) is 0.383. The summed E-state index contributed by atoms with van der Waals surface area (Å²) in [5.74, 6) is 1.78. The lowest BCUT2D eigenvalue weighted by molar-refractivity contribution is 0.0630. The molecule has 0 bridgehead atoms. The lowest BCUT2D eigenvalue weighted by atomic mass is 10.1. The Hall–Kier alpha value is -3.71. The zero-order valence-electron chi connectivity index (χ0n) is 18.5. The minimum atomic E-state index is -0.00538. The molecule has 4 aromatic rings. The van der Waals surface area contributed by atoms with E-state index in [2.05, 4.69) is 4.98 Å². The molecule has 7 heteroatoms. The van der Waals surface area contributed by atoms with Crippen LogP contribution in [0.1, 0.15) is 39.3 Å². The molecule has 1 saturated heterocycles. The topological polar surface area (TPSA) is 81.9 Å². The van der Waals surface area contributed by atoms with Gasteiger partial charge in [-0.25, -0.2) is 0 Å². The zero-order chi connectivity index (χ0) is 22.9. The zero-order valence-corrected chi connectivity index (χ0v) is 18.5. The summed E-state index contributed by atoms with van der Waals surface area (Å²) in [6, 6.07) is 12.8. The van der Waals surface area contributed by atoms with E-state index in [1.165, 1.54) is 0 Å². The number of pyridine rings is 1. The maximum atomic E-state index is 13.1. The van der Waals surface area contributed by atoms with E-state index < -0.39 is 0 Å². The highest BCUT2D eigenvalue weighted by atomic mass is 16.5. The van der Waals surface area contributed by atoms with Crippen LogP contribution in [0.4, 0.5) is 0 Å². The standard InChI is InChI=1S/C26H24N2O5/c1-16-22(14-29)20-8-6-19(13-25(20)32-16)33-24-9-10-27-23-12-17(5-7-21(23)24)26(30)28-11-3-4-18(28)15-31-2/h5-10,12-14,18H,3-4,11,15H2,1-2H3/t18-/m0/s1. The highest BCUT2D eigenvalue weighted by Crippen LogP contribution is 2.33. The second kappa shape index (κ2) is 8.67. The number of carbonyl (C=O) groups is 2. The average molecular weight is 444 g/mol. The number of amides is 1. The van der Waals surface area contributed by atoms with E-state index in [1.807, 2.05) is 29.2 Å². The van der Waals surface area contributed by atoms with Gasteiger partial charge in [-0.3, -0.25) is 14.6 Å². The third-order valence-corrected chi connectivity index (χ3v) is 6.18. The molecule has 2 aromatic heterocycles. The van der Waals surface area contributed by atoms with Gasteiger partial charge in [0, 0.05) is 42.3 Å². The number of aryl methyl sites for hydroxylation is 1. The van der Waals surface area contributed by atoms with Crippen LogP contribution in [-0.4, -0.2) is 48.4 Å². The number of hydrogen-bond acceptors (Lipinski definition) is 6. The Bertz CT molecular complexity index is 1360. The minimum Gasteiger partial charge on any atom is -0.460 e. The van der Waals surface area contributed by atoms with Gasteiger partial charge in [-0.2, -0.15) is 0 Å². The summed E-state index contributed by atoms with van der Waals surface area (Å²) in [4.78, 5) is 30.7. The summed E-state index contributed by atoms with van der Waals surface area (Å²) >= 11 is 0. The maximum Gasteiger partial charge on any atom is 0.254 e. The van der Waals surface area contributed by atoms with E-state index in [1.54, 1.807) is 38.4 Å². The Morgan fingerprint density at radius 1 is 1.21 bits per heavy atom. The van der Waals surface area contributed by atoms with Crippen molar-refractivity contribution < 1.29 is 23.5 Å². The Balaban J connectivity index is 1.44. The number of fused-ring (bicyclic) bond motifs is 2. The van der Waals surface area contributed by atoms with Gasteiger partial charge in [0.25, 0.3) is 5.91 Å². The summed E-state index contributed by atoms with van der Waals surface area (Å²) in [6.07, 6.45) is 4.40. The first-order valence-electron chi connectivity index (χ1n) is 10.9. The Morgan fingerprint density at radius 2 is 2.06 bits per heavy atom. The molecule has 0 spiro atoms. The first-order chi connectivity index (χ1) is 16.1. The van der Waals surface area contributed by atoms with Gasteiger partial charge in [0.15, 0.2) is 6.29 Å². The molecular weight excluding hydrogens is 420 g/mol. The lowest BCUT2D eigenvalue weighted by Gasteiger charge is -2.24. The predicted molar refractivity (Wildman–Crippen MR) is 124 cm³/mol. The monoisotopic (exact) mass is 444 g/mol. The van der Waals surface area contributed by atoms with Crippen LogP contribution in [0.25, 0.3) is 21.9 Å². The SMILES string of the molecule is COC[C@@H]1CCCN1C(=O)c1ccc2c(Oc3ccc4c(C=O)c(C)oc4c3)ccnc2c1. The molecule has 1 amide bonds. The number of hydrogen-bond donors (Lipinski definition) is 0. The highest BCUT2D eigenvalue weighted by Gasteiger charge is 2.29. The van der Waals surface area contributed by atoms with Gasteiger partial charge in [-0.05, 0) is 56.2 Å². The van der Waals surface area contributed by atoms with Crippen molar-refractivity contribution in [3.63, 3.8) is 0 Å². The smallest absolute Gasteiger partial charge is 0.254 e. The highest BCUT2D eigenvalue weighted by molar-refractivity contribution is 5.99. The molecule has 0 N–H and O–H groups in total. The van der Waals surface area contributed by atoms with Crippen molar-refractivity contribution >= 4 is 34.1 Å². The number of nitrogens with zero attached hydrogens (tertiary/aromatic N) is 2. The molecule has 2 aromatic carbocycles. The van der Waals surface area contributed by atoms with Gasteiger partial charge >= 0.3 is 0 Å². The number of likely N-dealkylation sites (tertiary alicyclic amines) is 1. The molecule has 1 fully saturated rings. The van der Waals surface area contributed by atoms with Crippen molar-refractivity contribution in [2.75, 3.05) is 20.3 Å². The van der Waals surface area contributed by atoms with Crippen molar-refractivity contribution in [2.24, 2.45) is 0 Å². The van der Waals surface area contributed by atoms with E-state index in [0.717, 1.165) is 36.4 Å². The molecule has 1 atom stereocenters. The van der Waals surface area contributed by atoms with Gasteiger partial charge in [-0.1, -0.05) is 0 Å². The second-order valence-electron chi connectivity index (χ2n) is 8.24. The number of carbonyl (C=O) groups excluding carboxylic acids is 2. The largest absolute Gasteiger partial charge is 0.460 e. The summed E-state index contributed by atoms with van der Waals surface area (Å²) in [5, 5.41) is 1.56. The van der Waals surface area contributed by atoms with Crippen LogP contribution >= 0.6 is 0 Å². The van der Waals surface area contributed by atoms with E-state index in [4.69, 9.17) is 13.9 Å². The van der Waals surface area contributed by atoms with Crippen molar-refractivity contribution in [1.82, 2.24) is 9.88 Å². The number of benzene rings is 2. The molecule has 1 aliphatic rings. The molecule has 0 saturated carbocycles. The van der Waals surface area contributed by atoms with Crippen LogP contribution in [0.3, 0.4) is 0 Å². The normalized spacial score (nSPS) is 15.9. The fourth-order valence-electron chi connectivity index (χ4n) is 4.53. The van der Waals surface area contributed by atoms with Gasteiger partial charge in [0.1, 0.15) is 22.8 Å². The van der Waals surface area contributed by atoms with Crippen molar-refractivity contribution in [1.29, 1.82) is 0 Å². The van der Waals surface area contributed by atoms with Crippen LogP contribution in [0, 0.1) is 6.92 Å². The molecule has 5 rings (SSSR count). The second-order valence-corrected chi connectivity index (χ2v) is 8.24. The summed E-state index contributed by atoms with van der Waals surface area (Å²) in [6.45, 7) is 3.05. The first kappa shape index (κ1) is 21.2. The summed E-state index contributed by atoms with van der Waals surface area (Å²) in [7, 11) is 1.66. The van der Waals surface area contributed by atoms with Crippen LogP contribution in [0.2, 0.25) is 0 Å². The van der Waals surface area contributed by atoms with E-state index in [-0.39, 0.29) is 11.9 Å². The molecule has 168 valence electrons. The van der Waals surface area contributed by atoms with Gasteiger partial charge in [0.2, 0.25) is 0 Å². The number of furan rings is 1. The fourth-order valence-corrected chi connectivity index (χ4v) is 4.53. The van der Waals surface area contributed by atoms with Gasteiger partial charge in [0.05, 0.1) is 23.7 Å². The lowest BCUT2D eigenvalue weighted by Crippen LogP contribution is -2.38. The fraction of sp³-hybridized carbons (Fsp3) is 0.269. The minimum absolute atomic E-state index is 0.00538. The molecule has 33 heavy (non-hydrogen) atoms. The van der Waals surface area contributed by atoms with E-state index >= 15 is 0 Å². The Kier molecular flexibility index (Phi) is 5.56. The number of rotatable bonds is 6. The average Bonchev–Trinajstić information content (AvgIpc) is 3.41. The van der Waals surface area contributed by atoms with E-state index in [9.17, 15) is 9.59 Å². The first-order valence-corrected chi connectivity index (χ1v) is 10.9. The van der Waals surface area contributed by atoms with Crippen molar-refractivity contribution in [3.05, 3.63) is 65.5 Å².